The molecule has 0 bridgehead atoms. The number of rotatable bonds is 6. The second-order valence-electron chi connectivity index (χ2n) is 10.4. The minimum Gasteiger partial charge on any atom is -0.481 e. The Kier molecular flexibility index (Phi) is 8.52. The number of ether oxygens (including phenoxy) is 5. The number of benzene rings is 2. The van der Waals surface area contributed by atoms with Crippen molar-refractivity contribution in [2.24, 2.45) is 0 Å². The highest BCUT2D eigenvalue weighted by atomic mass is 35.5. The van der Waals surface area contributed by atoms with E-state index >= 15 is 0 Å². The number of carbonyl (C=O) groups is 2. The Morgan fingerprint density at radius 2 is 1.15 bits per heavy atom. The van der Waals surface area contributed by atoms with Crippen LogP contribution in [0.1, 0.15) is 73.4 Å². The topological polar surface area (TPSA) is 101 Å². The zero-order valence-corrected chi connectivity index (χ0v) is 23.3. The number of aliphatic carboxylic acids is 1. The minimum atomic E-state index is -0.780. The van der Waals surface area contributed by atoms with Crippen molar-refractivity contribution in [2.45, 2.75) is 61.9 Å². The maximum Gasteiger partial charge on any atom is 0.316 e. The zero-order valence-electron chi connectivity index (χ0n) is 21.8. The van der Waals surface area contributed by atoms with Crippen LogP contribution in [-0.4, -0.2) is 50.6 Å². The van der Waals surface area contributed by atoms with Crippen molar-refractivity contribution in [2.75, 3.05) is 33.5 Å². The Balaban J connectivity index is 0.000000158. The van der Waals surface area contributed by atoms with E-state index in [1.54, 1.807) is 12.1 Å². The van der Waals surface area contributed by atoms with Crippen LogP contribution >= 0.6 is 23.2 Å². The van der Waals surface area contributed by atoms with Crippen molar-refractivity contribution in [3.63, 3.8) is 0 Å². The molecule has 10 heteroatoms. The van der Waals surface area contributed by atoms with Crippen molar-refractivity contribution in [3.8, 4) is 0 Å². The van der Waals surface area contributed by atoms with Gasteiger partial charge in [-0.1, -0.05) is 36.0 Å². The summed E-state index contributed by atoms with van der Waals surface area (Å²) in [5.41, 5.74) is 1.99. The van der Waals surface area contributed by atoms with Gasteiger partial charge in [0, 0.05) is 21.2 Å². The van der Waals surface area contributed by atoms with Gasteiger partial charge in [-0.3, -0.25) is 9.59 Å². The van der Waals surface area contributed by atoms with Crippen molar-refractivity contribution >= 4 is 35.1 Å². The smallest absolute Gasteiger partial charge is 0.316 e. The van der Waals surface area contributed by atoms with Gasteiger partial charge in [0.15, 0.2) is 12.6 Å². The largest absolute Gasteiger partial charge is 0.481 e. The molecule has 39 heavy (non-hydrogen) atoms. The number of esters is 1. The fourth-order valence-corrected chi connectivity index (χ4v) is 6.13. The molecule has 4 fully saturated rings. The molecule has 0 aromatic heterocycles. The molecule has 2 aliphatic carbocycles. The molecule has 2 aliphatic heterocycles. The normalized spacial score (nSPS) is 21.8. The SMILES string of the molecule is COC(=O)C1(c2cc(Cl)cc(C3OCCO3)c2)CCC1.O=C(O)C1(c2cc(Cl)cc(C3OCCO3)c2)CCC1. The van der Waals surface area contributed by atoms with Gasteiger partial charge in [0.2, 0.25) is 0 Å². The first kappa shape index (κ1) is 28.3. The molecule has 2 aromatic carbocycles. The van der Waals surface area contributed by atoms with Crippen LogP contribution in [0.15, 0.2) is 36.4 Å². The Morgan fingerprint density at radius 3 is 1.49 bits per heavy atom. The van der Waals surface area contributed by atoms with Gasteiger partial charge in [0.05, 0.1) is 44.4 Å². The minimum absolute atomic E-state index is 0.190. The number of hydrogen-bond acceptors (Lipinski definition) is 7. The van der Waals surface area contributed by atoms with Gasteiger partial charge in [-0.25, -0.2) is 0 Å². The third kappa shape index (κ3) is 5.56. The lowest BCUT2D eigenvalue weighted by atomic mass is 9.64. The molecule has 0 atom stereocenters. The Hall–Kier alpha value is -2.20. The average Bonchev–Trinajstić information content (AvgIpc) is 3.57. The van der Waals surface area contributed by atoms with Gasteiger partial charge in [-0.2, -0.15) is 0 Å². The van der Waals surface area contributed by atoms with Crippen molar-refractivity contribution in [1.29, 1.82) is 0 Å². The van der Waals surface area contributed by atoms with Crippen molar-refractivity contribution in [3.05, 3.63) is 68.7 Å². The molecule has 0 amide bonds. The fourth-order valence-electron chi connectivity index (χ4n) is 5.64. The third-order valence-corrected chi connectivity index (χ3v) is 8.57. The summed E-state index contributed by atoms with van der Waals surface area (Å²) >= 11 is 12.3. The van der Waals surface area contributed by atoms with Gasteiger partial charge >= 0.3 is 11.9 Å². The highest BCUT2D eigenvalue weighted by molar-refractivity contribution is 6.31. The van der Waals surface area contributed by atoms with Crippen LogP contribution in [0.2, 0.25) is 10.0 Å². The lowest BCUT2D eigenvalue weighted by Crippen LogP contribution is -2.43. The highest BCUT2D eigenvalue weighted by Crippen LogP contribution is 2.47. The number of carboxylic acids is 1. The summed E-state index contributed by atoms with van der Waals surface area (Å²) in [6.45, 7) is 2.26. The molecule has 2 saturated heterocycles. The van der Waals surface area contributed by atoms with Gasteiger partial charge < -0.3 is 28.8 Å². The van der Waals surface area contributed by atoms with Crippen molar-refractivity contribution < 1.29 is 38.4 Å². The number of carboxylic acid groups (broad SMARTS) is 1. The van der Waals surface area contributed by atoms with Crippen molar-refractivity contribution in [1.82, 2.24) is 0 Å². The summed E-state index contributed by atoms with van der Waals surface area (Å²) in [7, 11) is 1.43. The van der Waals surface area contributed by atoms with E-state index in [4.69, 9.17) is 46.9 Å². The monoisotopic (exact) mass is 578 g/mol. The predicted octanol–water partition coefficient (Wildman–Crippen LogP) is 5.87. The van der Waals surface area contributed by atoms with Crippen LogP contribution < -0.4 is 0 Å². The Morgan fingerprint density at radius 1 is 0.744 bits per heavy atom. The van der Waals surface area contributed by atoms with Crippen LogP contribution in [0.3, 0.4) is 0 Å². The maximum atomic E-state index is 12.1. The molecular formula is C29H32Cl2O8. The first-order valence-corrected chi connectivity index (χ1v) is 13.9. The quantitative estimate of drug-likeness (QED) is 0.424. The van der Waals surface area contributed by atoms with E-state index in [-0.39, 0.29) is 12.3 Å². The van der Waals surface area contributed by atoms with E-state index in [1.807, 2.05) is 24.3 Å². The molecule has 4 aliphatic rings. The summed E-state index contributed by atoms with van der Waals surface area (Å²) in [5.74, 6) is -0.967. The fraction of sp³-hybridized carbons (Fsp3) is 0.517. The summed E-state index contributed by atoms with van der Waals surface area (Å²) in [5, 5.41) is 10.6. The number of methoxy groups -OCH3 is 1. The van der Waals surface area contributed by atoms with Gasteiger partial charge in [0.25, 0.3) is 0 Å². The molecule has 0 radical (unpaired) electrons. The van der Waals surface area contributed by atoms with Crippen LogP contribution in [0, 0.1) is 0 Å². The van der Waals surface area contributed by atoms with Crippen LogP contribution in [0.4, 0.5) is 0 Å². The van der Waals surface area contributed by atoms with E-state index in [1.165, 1.54) is 7.11 Å². The molecule has 2 aromatic rings. The molecule has 1 N–H and O–H groups in total. The summed E-state index contributed by atoms with van der Waals surface area (Å²) in [4.78, 5) is 23.7. The first-order valence-electron chi connectivity index (χ1n) is 13.2. The maximum absolute atomic E-state index is 12.1. The first-order chi connectivity index (χ1) is 18.8. The molecular weight excluding hydrogens is 547 g/mol. The van der Waals surface area contributed by atoms with Crippen LogP contribution in [0.5, 0.6) is 0 Å². The lowest BCUT2D eigenvalue weighted by Gasteiger charge is -2.39. The Labute approximate surface area is 237 Å². The van der Waals surface area contributed by atoms with E-state index < -0.39 is 23.1 Å². The lowest BCUT2D eigenvalue weighted by molar-refractivity contribution is -0.151. The molecule has 2 heterocycles. The predicted molar refractivity (Wildman–Crippen MR) is 143 cm³/mol. The van der Waals surface area contributed by atoms with Gasteiger partial charge in [-0.15, -0.1) is 0 Å². The molecule has 6 rings (SSSR count). The Bertz CT molecular complexity index is 1210. The molecule has 8 nitrogen and oxygen atoms in total. The molecule has 2 saturated carbocycles. The average molecular weight is 579 g/mol. The second-order valence-corrected chi connectivity index (χ2v) is 11.2. The highest BCUT2D eigenvalue weighted by Gasteiger charge is 2.48. The van der Waals surface area contributed by atoms with Crippen LogP contribution in [0.25, 0.3) is 0 Å². The number of halogens is 2. The van der Waals surface area contributed by atoms with Gasteiger partial charge in [0.1, 0.15) is 0 Å². The molecule has 210 valence electrons. The van der Waals surface area contributed by atoms with E-state index in [0.29, 0.717) is 49.3 Å². The van der Waals surface area contributed by atoms with E-state index in [0.717, 1.165) is 47.9 Å². The molecule has 0 spiro atoms. The summed E-state index contributed by atoms with van der Waals surface area (Å²) in [6.07, 6.45) is 4.06. The van der Waals surface area contributed by atoms with E-state index in [9.17, 15) is 14.7 Å². The number of carbonyl (C=O) groups excluding carboxylic acids is 1. The molecule has 0 unspecified atom stereocenters. The van der Waals surface area contributed by atoms with Crippen LogP contribution in [-0.2, 0) is 44.1 Å². The summed E-state index contributed by atoms with van der Waals surface area (Å²) < 4.78 is 26.9. The number of hydrogen-bond donors (Lipinski definition) is 1. The van der Waals surface area contributed by atoms with E-state index in [2.05, 4.69) is 0 Å². The standard InChI is InChI=1S/C15H17ClO4.C14H15ClO4/c1-18-14(17)15(3-2-4-15)11-7-10(8-12(16)9-11)13-19-5-6-20-13;15-11-7-9(12-18-4-5-19-12)6-10(8-11)14(13(16)17)2-1-3-14/h7-9,13H,2-6H2,1H3;6-8,12H,1-5H2,(H,16,17). The van der Waals surface area contributed by atoms with Gasteiger partial charge in [-0.05, 0) is 73.2 Å². The summed E-state index contributed by atoms with van der Waals surface area (Å²) in [6, 6.07) is 11.0. The second kappa shape index (κ2) is 11.7. The zero-order chi connectivity index (χ0) is 27.6. The third-order valence-electron chi connectivity index (χ3n) is 8.13.